The van der Waals surface area contributed by atoms with Crippen molar-refractivity contribution in [2.45, 2.75) is 31.3 Å². The molecule has 20 heavy (non-hydrogen) atoms. The summed E-state index contributed by atoms with van der Waals surface area (Å²) in [6.45, 7) is 4.91. The molecular formula is C11H16N2O6S. The molecule has 8 nitrogen and oxygen atoms in total. The molecule has 0 unspecified atom stereocenters. The molecule has 1 aromatic rings. The highest BCUT2D eigenvalue weighted by Crippen LogP contribution is 2.28. The number of sulfonamides is 1. The number of nitrogens with zero attached hydrogens (tertiary/aromatic N) is 1. The minimum atomic E-state index is -4.16. The van der Waals surface area contributed by atoms with Crippen molar-refractivity contribution in [2.75, 3.05) is 7.11 Å². The van der Waals surface area contributed by atoms with Crippen LogP contribution in [0.15, 0.2) is 23.1 Å². The lowest BCUT2D eigenvalue weighted by Crippen LogP contribution is -2.33. The van der Waals surface area contributed by atoms with E-state index in [1.165, 1.54) is 13.2 Å². The summed E-state index contributed by atoms with van der Waals surface area (Å²) in [6, 6.07) is 3.44. The molecule has 0 aliphatic heterocycles. The maximum atomic E-state index is 12.0. The third-order valence-corrected chi connectivity index (χ3v) is 3.34. The van der Waals surface area contributed by atoms with Crippen LogP contribution in [-0.2, 0) is 14.9 Å². The van der Waals surface area contributed by atoms with Crippen LogP contribution >= 0.6 is 0 Å². The molecule has 0 fully saturated rings. The van der Waals surface area contributed by atoms with Crippen molar-refractivity contribution < 1.29 is 22.9 Å². The van der Waals surface area contributed by atoms with Crippen LogP contribution in [0.3, 0.4) is 0 Å². The first-order valence-corrected chi connectivity index (χ1v) is 7.07. The van der Waals surface area contributed by atoms with E-state index in [1.54, 1.807) is 20.8 Å². The SMILES string of the molecule is COc1ccc(S(=O)(=O)NOC(C)(C)C)c([N+](=O)[O-])c1. The second-order valence-electron chi connectivity index (χ2n) is 4.89. The highest BCUT2D eigenvalue weighted by Gasteiger charge is 2.28. The van der Waals surface area contributed by atoms with Crippen LogP contribution in [0.4, 0.5) is 5.69 Å². The Labute approximate surface area is 116 Å². The fourth-order valence-corrected chi connectivity index (χ4v) is 2.32. The molecule has 0 amide bonds. The number of hydrogen-bond donors (Lipinski definition) is 1. The smallest absolute Gasteiger partial charge is 0.293 e. The fourth-order valence-electron chi connectivity index (χ4n) is 1.22. The quantitative estimate of drug-likeness (QED) is 0.654. The minimum absolute atomic E-state index is 0.187. The summed E-state index contributed by atoms with van der Waals surface area (Å²) in [7, 11) is -2.84. The average Bonchev–Trinajstić information content (AvgIpc) is 2.35. The standard InChI is InChI=1S/C11H16N2O6S/c1-11(2,3)19-12-20(16,17)10-6-5-8(18-4)7-9(10)13(14)15/h5-7,12H,1-4H3. The number of nitro benzene ring substituents is 1. The zero-order valence-electron chi connectivity index (χ0n) is 11.5. The van der Waals surface area contributed by atoms with Gasteiger partial charge >= 0.3 is 0 Å². The van der Waals surface area contributed by atoms with Gasteiger partial charge in [0.25, 0.3) is 15.7 Å². The van der Waals surface area contributed by atoms with Crippen LogP contribution in [0.1, 0.15) is 20.8 Å². The summed E-state index contributed by atoms with van der Waals surface area (Å²) in [5.41, 5.74) is -1.36. The Balaban J connectivity index is 3.21. The van der Waals surface area contributed by atoms with Crippen molar-refractivity contribution in [2.24, 2.45) is 0 Å². The van der Waals surface area contributed by atoms with Gasteiger partial charge in [-0.3, -0.25) is 15.0 Å². The van der Waals surface area contributed by atoms with Crippen molar-refractivity contribution in [3.05, 3.63) is 28.3 Å². The van der Waals surface area contributed by atoms with Gasteiger partial charge in [-0.25, -0.2) is 8.42 Å². The largest absolute Gasteiger partial charge is 0.497 e. The summed E-state index contributed by atoms with van der Waals surface area (Å²) in [5, 5.41) is 11.0. The Hall–Kier alpha value is -1.71. The van der Waals surface area contributed by atoms with Gasteiger partial charge in [-0.1, -0.05) is 4.89 Å². The fraction of sp³-hybridized carbons (Fsp3) is 0.455. The Morgan fingerprint density at radius 2 is 1.90 bits per heavy atom. The maximum absolute atomic E-state index is 12.0. The van der Waals surface area contributed by atoms with Crippen molar-refractivity contribution in [3.8, 4) is 5.75 Å². The Bertz CT molecular complexity index is 606. The summed E-state index contributed by atoms with van der Waals surface area (Å²) in [5.74, 6) is 0.187. The molecule has 0 atom stereocenters. The van der Waals surface area contributed by atoms with Crippen molar-refractivity contribution in [1.82, 2.24) is 4.89 Å². The van der Waals surface area contributed by atoms with Gasteiger partial charge in [0.15, 0.2) is 4.90 Å². The van der Waals surface area contributed by atoms with E-state index in [1.807, 2.05) is 4.89 Å². The molecule has 1 N–H and O–H groups in total. The minimum Gasteiger partial charge on any atom is -0.497 e. The average molecular weight is 304 g/mol. The lowest BCUT2D eigenvalue weighted by Gasteiger charge is -2.19. The van der Waals surface area contributed by atoms with E-state index in [4.69, 9.17) is 9.57 Å². The van der Waals surface area contributed by atoms with Gasteiger partial charge in [-0.15, -0.1) is 0 Å². The molecule has 0 heterocycles. The van der Waals surface area contributed by atoms with Crippen LogP contribution < -0.4 is 9.62 Å². The van der Waals surface area contributed by atoms with Crippen LogP contribution in [0.2, 0.25) is 0 Å². The van der Waals surface area contributed by atoms with Gasteiger partial charge in [0.05, 0.1) is 23.7 Å². The molecular weight excluding hydrogens is 288 g/mol. The first kappa shape index (κ1) is 16.3. The van der Waals surface area contributed by atoms with Crippen molar-refractivity contribution in [3.63, 3.8) is 0 Å². The molecule has 0 bridgehead atoms. The molecule has 0 radical (unpaired) electrons. The van der Waals surface area contributed by atoms with Crippen molar-refractivity contribution in [1.29, 1.82) is 0 Å². The normalized spacial score (nSPS) is 12.2. The van der Waals surface area contributed by atoms with Crippen LogP contribution in [0.25, 0.3) is 0 Å². The molecule has 0 saturated heterocycles. The number of benzene rings is 1. The number of rotatable bonds is 5. The Morgan fingerprint density at radius 1 is 1.30 bits per heavy atom. The lowest BCUT2D eigenvalue weighted by molar-refractivity contribution is -0.387. The lowest BCUT2D eigenvalue weighted by atomic mass is 10.2. The zero-order chi connectivity index (χ0) is 15.6. The summed E-state index contributed by atoms with van der Waals surface area (Å²) < 4.78 is 28.9. The number of hydrogen-bond acceptors (Lipinski definition) is 6. The number of methoxy groups -OCH3 is 1. The van der Waals surface area contributed by atoms with E-state index in [0.717, 1.165) is 12.1 Å². The molecule has 9 heteroatoms. The number of nitrogens with one attached hydrogen (secondary N) is 1. The maximum Gasteiger partial charge on any atom is 0.293 e. The highest BCUT2D eigenvalue weighted by atomic mass is 32.2. The van der Waals surface area contributed by atoms with Crippen LogP contribution in [0.5, 0.6) is 5.75 Å². The Kier molecular flexibility index (Phi) is 4.69. The summed E-state index contributed by atoms with van der Waals surface area (Å²) in [4.78, 5) is 16.5. The third-order valence-electron chi connectivity index (χ3n) is 2.11. The van der Waals surface area contributed by atoms with Crippen LogP contribution in [-0.4, -0.2) is 26.1 Å². The molecule has 0 aromatic heterocycles. The van der Waals surface area contributed by atoms with Gasteiger partial charge in [-0.05, 0) is 32.9 Å². The topological polar surface area (TPSA) is 108 Å². The molecule has 0 spiro atoms. The zero-order valence-corrected chi connectivity index (χ0v) is 12.4. The highest BCUT2D eigenvalue weighted by molar-refractivity contribution is 7.89. The van der Waals surface area contributed by atoms with Gasteiger partial charge in [0.2, 0.25) is 0 Å². The van der Waals surface area contributed by atoms with E-state index in [0.29, 0.717) is 0 Å². The molecule has 1 rings (SSSR count). The summed E-state index contributed by atoms with van der Waals surface area (Å²) >= 11 is 0. The van der Waals surface area contributed by atoms with E-state index < -0.39 is 31.1 Å². The first-order valence-electron chi connectivity index (χ1n) is 5.59. The van der Waals surface area contributed by atoms with Gasteiger partial charge in [0.1, 0.15) is 5.75 Å². The van der Waals surface area contributed by atoms with Gasteiger partial charge in [-0.2, -0.15) is 0 Å². The van der Waals surface area contributed by atoms with E-state index in [-0.39, 0.29) is 5.75 Å². The van der Waals surface area contributed by atoms with E-state index in [2.05, 4.69) is 0 Å². The molecule has 112 valence electrons. The summed E-state index contributed by atoms with van der Waals surface area (Å²) in [6.07, 6.45) is 0. The van der Waals surface area contributed by atoms with Crippen LogP contribution in [0, 0.1) is 10.1 Å². The third kappa shape index (κ3) is 4.15. The first-order chi connectivity index (χ1) is 9.07. The van der Waals surface area contributed by atoms with E-state index >= 15 is 0 Å². The monoisotopic (exact) mass is 304 g/mol. The molecule has 0 aliphatic rings. The predicted octanol–water partition coefficient (Wildman–Crippen LogP) is 1.61. The van der Waals surface area contributed by atoms with Gasteiger partial charge < -0.3 is 4.74 Å². The second-order valence-corrected chi connectivity index (χ2v) is 6.51. The number of ether oxygens (including phenoxy) is 1. The molecule has 0 aliphatic carbocycles. The van der Waals surface area contributed by atoms with E-state index in [9.17, 15) is 18.5 Å². The Morgan fingerprint density at radius 3 is 2.35 bits per heavy atom. The van der Waals surface area contributed by atoms with Crippen molar-refractivity contribution >= 4 is 15.7 Å². The molecule has 0 saturated carbocycles. The predicted molar refractivity (Wildman–Crippen MR) is 70.8 cm³/mol. The number of nitro groups is 1. The second kappa shape index (κ2) is 5.73. The van der Waals surface area contributed by atoms with Gasteiger partial charge in [0, 0.05) is 0 Å². The molecule has 1 aromatic carbocycles.